The molecule has 1 aliphatic heterocycles. The molecule has 25 heavy (non-hydrogen) atoms. The van der Waals surface area contributed by atoms with Crippen molar-refractivity contribution in [3.63, 3.8) is 0 Å². The number of anilines is 1. The number of nitrogens with zero attached hydrogens (tertiary/aromatic N) is 2. The van der Waals surface area contributed by atoms with E-state index in [1.165, 1.54) is 11.6 Å². The van der Waals surface area contributed by atoms with Gasteiger partial charge < -0.3 is 5.32 Å². The zero-order chi connectivity index (χ0) is 17.7. The number of fused-ring (bicyclic) bond motifs is 2. The van der Waals surface area contributed by atoms with Crippen LogP contribution in [0.15, 0.2) is 52.1 Å². The third kappa shape index (κ3) is 2.21. The summed E-state index contributed by atoms with van der Waals surface area (Å²) in [6.45, 7) is 0. The molecule has 4 rings (SSSR count). The summed E-state index contributed by atoms with van der Waals surface area (Å²) in [4.78, 5) is 37.3. The first-order valence-corrected chi connectivity index (χ1v) is 8.06. The molecule has 6 nitrogen and oxygen atoms in total. The minimum absolute atomic E-state index is 0.175. The topological polar surface area (TPSA) is 73.1 Å². The van der Waals surface area contributed by atoms with Crippen molar-refractivity contribution in [2.24, 2.45) is 14.1 Å². The minimum atomic E-state index is -0.456. The van der Waals surface area contributed by atoms with Crippen molar-refractivity contribution < 1.29 is 4.79 Å². The molecule has 1 atom stereocenters. The van der Waals surface area contributed by atoms with Gasteiger partial charge in [-0.2, -0.15) is 0 Å². The largest absolute Gasteiger partial charge is 0.332 e. The minimum Gasteiger partial charge on any atom is -0.312 e. The molecule has 1 N–H and O–H groups in total. The van der Waals surface area contributed by atoms with Crippen LogP contribution in [0.5, 0.6) is 0 Å². The molecule has 0 saturated heterocycles. The molecule has 0 radical (unpaired) electrons. The van der Waals surface area contributed by atoms with Crippen molar-refractivity contribution in [3.8, 4) is 0 Å². The Balaban J connectivity index is 2.08. The monoisotopic (exact) mass is 335 g/mol. The van der Waals surface area contributed by atoms with Crippen molar-refractivity contribution >= 4 is 22.5 Å². The Bertz CT molecular complexity index is 1140. The van der Waals surface area contributed by atoms with Crippen LogP contribution in [0.4, 0.5) is 5.82 Å². The number of nitrogens with one attached hydrogen (secondary N) is 1. The lowest BCUT2D eigenvalue weighted by Crippen LogP contribution is -2.44. The van der Waals surface area contributed by atoms with Crippen LogP contribution < -0.4 is 16.6 Å². The van der Waals surface area contributed by atoms with Gasteiger partial charge in [0.15, 0.2) is 0 Å². The summed E-state index contributed by atoms with van der Waals surface area (Å²) in [7, 11) is 3.02. The molecular weight excluding hydrogens is 318 g/mol. The number of aromatic nitrogens is 2. The molecule has 3 aromatic rings. The van der Waals surface area contributed by atoms with Crippen molar-refractivity contribution in [2.75, 3.05) is 5.32 Å². The van der Waals surface area contributed by atoms with Gasteiger partial charge in [-0.3, -0.25) is 18.7 Å². The van der Waals surface area contributed by atoms with Gasteiger partial charge in [-0.05, 0) is 16.3 Å². The normalized spacial score (nSPS) is 16.6. The molecule has 0 saturated carbocycles. The highest BCUT2D eigenvalue weighted by molar-refractivity contribution is 5.96. The van der Waals surface area contributed by atoms with E-state index in [0.717, 1.165) is 20.9 Å². The predicted molar refractivity (Wildman–Crippen MR) is 96.0 cm³/mol. The predicted octanol–water partition coefficient (Wildman–Crippen LogP) is 1.71. The quantitative estimate of drug-likeness (QED) is 0.736. The number of amides is 1. The van der Waals surface area contributed by atoms with E-state index in [0.29, 0.717) is 11.4 Å². The van der Waals surface area contributed by atoms with Gasteiger partial charge in [-0.15, -0.1) is 0 Å². The van der Waals surface area contributed by atoms with E-state index in [4.69, 9.17) is 0 Å². The molecule has 1 amide bonds. The summed E-state index contributed by atoms with van der Waals surface area (Å²) < 4.78 is 2.42. The van der Waals surface area contributed by atoms with Crippen LogP contribution in [0.1, 0.15) is 23.5 Å². The first-order chi connectivity index (χ1) is 12.0. The maximum Gasteiger partial charge on any atom is 0.332 e. The maximum atomic E-state index is 12.8. The van der Waals surface area contributed by atoms with E-state index >= 15 is 0 Å². The highest BCUT2D eigenvalue weighted by Crippen LogP contribution is 2.37. The molecule has 6 heteroatoms. The van der Waals surface area contributed by atoms with Crippen LogP contribution >= 0.6 is 0 Å². The molecule has 2 heterocycles. The molecular formula is C19H17N3O3. The van der Waals surface area contributed by atoms with E-state index < -0.39 is 5.69 Å². The van der Waals surface area contributed by atoms with E-state index in [1.54, 1.807) is 7.05 Å². The standard InChI is InChI=1S/C19H17N3O3/c1-21-17-16(18(24)22(2)19(21)25)14(10-15(23)20-17)13-9-5-7-11-6-3-4-8-12(11)13/h3-9,14H,10H2,1-2H3,(H,20,23)/t14-/m0/s1. The number of hydrogen-bond acceptors (Lipinski definition) is 3. The van der Waals surface area contributed by atoms with E-state index in [1.807, 2.05) is 42.5 Å². The van der Waals surface area contributed by atoms with Gasteiger partial charge in [-0.1, -0.05) is 42.5 Å². The van der Waals surface area contributed by atoms with Gasteiger partial charge >= 0.3 is 5.69 Å². The summed E-state index contributed by atoms with van der Waals surface area (Å²) in [6.07, 6.45) is 0.175. The average Bonchev–Trinajstić information content (AvgIpc) is 2.63. The fraction of sp³-hybridized carbons (Fsp3) is 0.211. The van der Waals surface area contributed by atoms with Gasteiger partial charge in [0.1, 0.15) is 5.82 Å². The molecule has 126 valence electrons. The smallest absolute Gasteiger partial charge is 0.312 e. The van der Waals surface area contributed by atoms with Crippen LogP contribution in [0, 0.1) is 0 Å². The molecule has 1 aromatic heterocycles. The van der Waals surface area contributed by atoms with Crippen LogP contribution in [-0.2, 0) is 18.9 Å². The van der Waals surface area contributed by atoms with E-state index in [2.05, 4.69) is 5.32 Å². The van der Waals surface area contributed by atoms with Gasteiger partial charge in [0.05, 0.1) is 5.56 Å². The average molecular weight is 335 g/mol. The van der Waals surface area contributed by atoms with Crippen molar-refractivity contribution in [1.29, 1.82) is 0 Å². The van der Waals surface area contributed by atoms with Gasteiger partial charge in [0.25, 0.3) is 5.56 Å². The number of carbonyl (C=O) groups excluding carboxylic acids is 1. The Morgan fingerprint density at radius 2 is 1.68 bits per heavy atom. The molecule has 0 spiro atoms. The second-order valence-corrected chi connectivity index (χ2v) is 6.34. The van der Waals surface area contributed by atoms with Crippen LogP contribution in [-0.4, -0.2) is 15.0 Å². The van der Waals surface area contributed by atoms with Gasteiger partial charge in [-0.25, -0.2) is 4.79 Å². The third-order valence-corrected chi connectivity index (χ3v) is 4.89. The second kappa shape index (κ2) is 5.44. The number of hydrogen-bond donors (Lipinski definition) is 1. The molecule has 2 aromatic carbocycles. The molecule has 0 bridgehead atoms. The second-order valence-electron chi connectivity index (χ2n) is 6.34. The zero-order valence-electron chi connectivity index (χ0n) is 13.9. The van der Waals surface area contributed by atoms with Crippen LogP contribution in [0.2, 0.25) is 0 Å². The highest BCUT2D eigenvalue weighted by Gasteiger charge is 2.33. The Morgan fingerprint density at radius 3 is 2.48 bits per heavy atom. The fourth-order valence-electron chi connectivity index (χ4n) is 3.63. The first-order valence-electron chi connectivity index (χ1n) is 8.06. The van der Waals surface area contributed by atoms with E-state index in [9.17, 15) is 14.4 Å². The molecule has 0 unspecified atom stereocenters. The number of carbonyl (C=O) groups is 1. The SMILES string of the molecule is Cn1c2c(c(=O)n(C)c1=O)[C@H](c1cccc3ccccc13)CC(=O)N2. The summed E-state index contributed by atoms with van der Waals surface area (Å²) in [5, 5.41) is 4.75. The lowest BCUT2D eigenvalue weighted by atomic mass is 9.84. The Hall–Kier alpha value is -3.15. The zero-order valence-corrected chi connectivity index (χ0v) is 13.9. The summed E-state index contributed by atoms with van der Waals surface area (Å²) in [5.41, 5.74) is 0.559. The number of rotatable bonds is 1. The van der Waals surface area contributed by atoms with Crippen LogP contribution in [0.3, 0.4) is 0 Å². The van der Waals surface area contributed by atoms with Gasteiger partial charge in [0.2, 0.25) is 5.91 Å². The molecule has 0 aliphatic carbocycles. The Morgan fingerprint density at radius 1 is 0.960 bits per heavy atom. The first kappa shape index (κ1) is 15.4. The lowest BCUT2D eigenvalue weighted by molar-refractivity contribution is -0.116. The Labute approximate surface area is 143 Å². The third-order valence-electron chi connectivity index (χ3n) is 4.89. The Kier molecular flexibility index (Phi) is 3.35. The summed E-state index contributed by atoms with van der Waals surface area (Å²) >= 11 is 0. The number of benzene rings is 2. The summed E-state index contributed by atoms with van der Waals surface area (Å²) in [5.74, 6) is -0.295. The van der Waals surface area contributed by atoms with Crippen molar-refractivity contribution in [3.05, 3.63) is 74.4 Å². The van der Waals surface area contributed by atoms with Gasteiger partial charge in [0, 0.05) is 26.4 Å². The van der Waals surface area contributed by atoms with E-state index in [-0.39, 0.29) is 23.8 Å². The molecule has 1 aliphatic rings. The highest BCUT2D eigenvalue weighted by atomic mass is 16.2. The summed E-state index contributed by atoms with van der Waals surface area (Å²) in [6, 6.07) is 13.8. The van der Waals surface area contributed by atoms with Crippen molar-refractivity contribution in [1.82, 2.24) is 9.13 Å². The van der Waals surface area contributed by atoms with Crippen molar-refractivity contribution in [2.45, 2.75) is 12.3 Å². The maximum absolute atomic E-state index is 12.8. The lowest BCUT2D eigenvalue weighted by Gasteiger charge is -2.27. The molecule has 0 fully saturated rings. The fourth-order valence-corrected chi connectivity index (χ4v) is 3.63. The van der Waals surface area contributed by atoms with Crippen LogP contribution in [0.25, 0.3) is 10.8 Å².